The van der Waals surface area contributed by atoms with Gasteiger partial charge in [-0.3, -0.25) is 10.1 Å². The Hall–Kier alpha value is -3.36. The van der Waals surface area contributed by atoms with Crippen LogP contribution in [0.1, 0.15) is 66.4 Å². The Bertz CT molecular complexity index is 928. The Labute approximate surface area is 186 Å². The van der Waals surface area contributed by atoms with E-state index in [4.69, 9.17) is 14.0 Å². The fourth-order valence-corrected chi connectivity index (χ4v) is 3.51. The summed E-state index contributed by atoms with van der Waals surface area (Å²) in [4.78, 5) is 36.5. The SMILES string of the molecule is Cc1noc(C)c1COc1ccc(C(=O)O[C@@H](C)C(=O)NC(=O)NC2CCCCC2)cc1. The molecule has 0 bridgehead atoms. The van der Waals surface area contributed by atoms with Crippen LogP contribution in [0, 0.1) is 13.8 Å². The zero-order valence-electron chi connectivity index (χ0n) is 18.6. The number of rotatable bonds is 7. The van der Waals surface area contributed by atoms with Gasteiger partial charge in [-0.15, -0.1) is 0 Å². The third-order valence-electron chi connectivity index (χ3n) is 5.48. The van der Waals surface area contributed by atoms with Crippen LogP contribution in [0.5, 0.6) is 5.75 Å². The van der Waals surface area contributed by atoms with Crippen LogP contribution in [-0.2, 0) is 16.1 Å². The first-order valence-electron chi connectivity index (χ1n) is 10.8. The Morgan fingerprint density at radius 2 is 1.81 bits per heavy atom. The van der Waals surface area contributed by atoms with Crippen molar-refractivity contribution in [1.82, 2.24) is 15.8 Å². The molecule has 1 aliphatic rings. The Kier molecular flexibility index (Phi) is 7.86. The number of amides is 3. The number of nitrogens with zero attached hydrogens (tertiary/aromatic N) is 1. The molecule has 1 saturated carbocycles. The van der Waals surface area contributed by atoms with Crippen LogP contribution in [0.3, 0.4) is 0 Å². The van der Waals surface area contributed by atoms with Gasteiger partial charge < -0.3 is 19.3 Å². The fourth-order valence-electron chi connectivity index (χ4n) is 3.51. The maximum Gasteiger partial charge on any atom is 0.338 e. The lowest BCUT2D eigenvalue weighted by Gasteiger charge is -2.23. The number of carbonyl (C=O) groups is 3. The molecule has 1 aliphatic carbocycles. The molecule has 0 spiro atoms. The first-order valence-corrected chi connectivity index (χ1v) is 10.8. The van der Waals surface area contributed by atoms with Gasteiger partial charge in [0.2, 0.25) is 0 Å². The summed E-state index contributed by atoms with van der Waals surface area (Å²) in [5, 5.41) is 8.90. The third kappa shape index (κ3) is 6.32. The van der Waals surface area contributed by atoms with E-state index in [0.717, 1.165) is 36.9 Å². The van der Waals surface area contributed by atoms with Crippen LogP contribution in [0.25, 0.3) is 0 Å². The summed E-state index contributed by atoms with van der Waals surface area (Å²) in [6.07, 6.45) is 4.00. The number of hydrogen-bond donors (Lipinski definition) is 2. The van der Waals surface area contributed by atoms with Crippen molar-refractivity contribution in [3.8, 4) is 5.75 Å². The van der Waals surface area contributed by atoms with Gasteiger partial charge in [0.1, 0.15) is 18.1 Å². The summed E-state index contributed by atoms with van der Waals surface area (Å²) in [5.74, 6) is -0.0854. The molecule has 3 amide bonds. The minimum atomic E-state index is -1.12. The van der Waals surface area contributed by atoms with Crippen molar-refractivity contribution in [3.05, 3.63) is 46.8 Å². The molecule has 0 unspecified atom stereocenters. The quantitative estimate of drug-likeness (QED) is 0.628. The minimum absolute atomic E-state index is 0.0766. The summed E-state index contributed by atoms with van der Waals surface area (Å²) < 4.78 is 16.0. The van der Waals surface area contributed by atoms with Crippen molar-refractivity contribution in [2.75, 3.05) is 0 Å². The van der Waals surface area contributed by atoms with E-state index < -0.39 is 24.0 Å². The largest absolute Gasteiger partial charge is 0.489 e. The molecule has 1 heterocycles. The molecule has 1 atom stereocenters. The number of imide groups is 1. The highest BCUT2D eigenvalue weighted by Gasteiger charge is 2.22. The zero-order chi connectivity index (χ0) is 23.1. The van der Waals surface area contributed by atoms with E-state index in [2.05, 4.69) is 15.8 Å². The normalized spacial score (nSPS) is 15.0. The van der Waals surface area contributed by atoms with Crippen LogP contribution in [-0.4, -0.2) is 35.2 Å². The number of urea groups is 1. The van der Waals surface area contributed by atoms with Gasteiger partial charge >= 0.3 is 12.0 Å². The van der Waals surface area contributed by atoms with Gasteiger partial charge in [0.25, 0.3) is 5.91 Å². The Morgan fingerprint density at radius 1 is 1.12 bits per heavy atom. The number of aromatic nitrogens is 1. The summed E-state index contributed by atoms with van der Waals surface area (Å²) in [6.45, 7) is 5.37. The maximum atomic E-state index is 12.3. The monoisotopic (exact) mass is 443 g/mol. The van der Waals surface area contributed by atoms with Gasteiger partial charge in [0.15, 0.2) is 6.10 Å². The number of aryl methyl sites for hydroxylation is 2. The van der Waals surface area contributed by atoms with Gasteiger partial charge in [-0.1, -0.05) is 24.4 Å². The smallest absolute Gasteiger partial charge is 0.338 e. The first-order chi connectivity index (χ1) is 15.3. The zero-order valence-corrected chi connectivity index (χ0v) is 18.6. The van der Waals surface area contributed by atoms with Gasteiger partial charge in [-0.05, 0) is 57.9 Å². The second kappa shape index (κ2) is 10.8. The van der Waals surface area contributed by atoms with E-state index in [-0.39, 0.29) is 11.6 Å². The van der Waals surface area contributed by atoms with E-state index in [9.17, 15) is 14.4 Å². The van der Waals surface area contributed by atoms with Gasteiger partial charge in [0, 0.05) is 6.04 Å². The number of esters is 1. The van der Waals surface area contributed by atoms with Crippen LogP contribution >= 0.6 is 0 Å². The molecule has 1 aromatic carbocycles. The molecule has 172 valence electrons. The van der Waals surface area contributed by atoms with Gasteiger partial charge in [0.05, 0.1) is 16.8 Å². The van der Waals surface area contributed by atoms with Crippen LogP contribution in [0.15, 0.2) is 28.8 Å². The predicted octanol–water partition coefficient (Wildman–Crippen LogP) is 3.57. The highest BCUT2D eigenvalue weighted by molar-refractivity contribution is 5.98. The van der Waals surface area contributed by atoms with Crippen molar-refractivity contribution >= 4 is 17.9 Å². The molecule has 9 heteroatoms. The second-order valence-corrected chi connectivity index (χ2v) is 7.96. The van der Waals surface area contributed by atoms with Gasteiger partial charge in [-0.2, -0.15) is 0 Å². The highest BCUT2D eigenvalue weighted by atomic mass is 16.5. The lowest BCUT2D eigenvalue weighted by atomic mass is 9.96. The molecule has 1 fully saturated rings. The van der Waals surface area contributed by atoms with E-state index >= 15 is 0 Å². The lowest BCUT2D eigenvalue weighted by molar-refractivity contribution is -0.127. The molecule has 1 aromatic heterocycles. The van der Waals surface area contributed by atoms with Crippen LogP contribution in [0.4, 0.5) is 4.79 Å². The number of hydrogen-bond acceptors (Lipinski definition) is 7. The van der Waals surface area contributed by atoms with E-state index in [1.54, 1.807) is 24.3 Å². The predicted molar refractivity (Wildman–Crippen MR) is 115 cm³/mol. The Balaban J connectivity index is 1.45. The summed E-state index contributed by atoms with van der Waals surface area (Å²) in [7, 11) is 0. The molecule has 32 heavy (non-hydrogen) atoms. The molecule has 0 aliphatic heterocycles. The number of ether oxygens (including phenoxy) is 2. The number of benzene rings is 1. The van der Waals surface area contributed by atoms with Crippen molar-refractivity contribution in [2.24, 2.45) is 0 Å². The van der Waals surface area contributed by atoms with E-state index in [1.165, 1.54) is 13.3 Å². The number of carbonyl (C=O) groups excluding carboxylic acids is 3. The van der Waals surface area contributed by atoms with Gasteiger partial charge in [-0.25, -0.2) is 9.59 Å². The maximum absolute atomic E-state index is 12.3. The average molecular weight is 444 g/mol. The third-order valence-corrected chi connectivity index (χ3v) is 5.48. The molecule has 0 radical (unpaired) electrons. The van der Waals surface area contributed by atoms with E-state index in [1.807, 2.05) is 13.8 Å². The second-order valence-electron chi connectivity index (χ2n) is 7.96. The van der Waals surface area contributed by atoms with Crippen molar-refractivity contribution in [2.45, 2.75) is 71.6 Å². The molecule has 0 saturated heterocycles. The fraction of sp³-hybridized carbons (Fsp3) is 0.478. The summed E-state index contributed by atoms with van der Waals surface area (Å²) in [6, 6.07) is 5.88. The summed E-state index contributed by atoms with van der Waals surface area (Å²) >= 11 is 0. The van der Waals surface area contributed by atoms with Crippen molar-refractivity contribution in [3.63, 3.8) is 0 Å². The molecular weight excluding hydrogens is 414 g/mol. The average Bonchev–Trinajstić information content (AvgIpc) is 3.10. The molecule has 3 rings (SSSR count). The molecule has 9 nitrogen and oxygen atoms in total. The van der Waals surface area contributed by atoms with E-state index in [0.29, 0.717) is 18.1 Å². The molecule has 2 aromatic rings. The number of nitrogens with one attached hydrogen (secondary N) is 2. The first kappa shape index (κ1) is 23.3. The molecular formula is C23H29N3O6. The molecule has 2 N–H and O–H groups in total. The van der Waals surface area contributed by atoms with Crippen molar-refractivity contribution in [1.29, 1.82) is 0 Å². The Morgan fingerprint density at radius 3 is 2.44 bits per heavy atom. The standard InChI is InChI=1S/C23H29N3O6/c1-14-20(15(2)32-26-14)13-30-19-11-9-17(10-12-19)22(28)31-16(3)21(27)25-23(29)24-18-7-5-4-6-8-18/h9-12,16,18H,4-8,13H2,1-3H3,(H2,24,25,27,29)/t16-/m0/s1. The lowest BCUT2D eigenvalue weighted by Crippen LogP contribution is -2.48. The van der Waals surface area contributed by atoms with Crippen LogP contribution in [0.2, 0.25) is 0 Å². The topological polar surface area (TPSA) is 120 Å². The summed E-state index contributed by atoms with van der Waals surface area (Å²) in [5.41, 5.74) is 1.91. The van der Waals surface area contributed by atoms with Crippen molar-refractivity contribution < 1.29 is 28.4 Å². The highest BCUT2D eigenvalue weighted by Crippen LogP contribution is 2.19. The minimum Gasteiger partial charge on any atom is -0.489 e. The van der Waals surface area contributed by atoms with Crippen LogP contribution < -0.4 is 15.4 Å².